The Kier molecular flexibility index (Phi) is 7.57. The Morgan fingerprint density at radius 3 is 2.38 bits per heavy atom. The molecule has 0 bridgehead atoms. The van der Waals surface area contributed by atoms with Gasteiger partial charge in [0.1, 0.15) is 5.75 Å². The highest BCUT2D eigenvalue weighted by atomic mass is 19.4. The van der Waals surface area contributed by atoms with Gasteiger partial charge in [-0.05, 0) is 43.0 Å². The number of hydrogen-bond acceptors (Lipinski definition) is 2. The molecule has 0 radical (unpaired) electrons. The minimum atomic E-state index is -4.06. The zero-order valence-electron chi connectivity index (χ0n) is 12.7. The van der Waals surface area contributed by atoms with E-state index in [9.17, 15) is 13.2 Å². The summed E-state index contributed by atoms with van der Waals surface area (Å²) in [5.41, 5.74) is 1.04. The lowest BCUT2D eigenvalue weighted by Crippen LogP contribution is -2.17. The summed E-state index contributed by atoms with van der Waals surface area (Å²) >= 11 is 0. The average molecular weight is 303 g/mol. The minimum Gasteiger partial charge on any atom is -0.494 e. The summed E-state index contributed by atoms with van der Waals surface area (Å²) in [4.78, 5) is 0. The topological polar surface area (TPSA) is 21.3 Å². The fourth-order valence-corrected chi connectivity index (χ4v) is 1.76. The first-order valence-corrected chi connectivity index (χ1v) is 7.36. The van der Waals surface area contributed by atoms with Crippen LogP contribution in [0.15, 0.2) is 24.3 Å². The van der Waals surface area contributed by atoms with Crippen LogP contribution in [0.25, 0.3) is 0 Å². The van der Waals surface area contributed by atoms with Crippen molar-refractivity contribution in [3.8, 4) is 5.75 Å². The van der Waals surface area contributed by atoms with Gasteiger partial charge in [-0.3, -0.25) is 0 Å². The van der Waals surface area contributed by atoms with Gasteiger partial charge in [-0.25, -0.2) is 0 Å². The molecule has 1 aromatic rings. The molecule has 0 unspecified atom stereocenters. The molecule has 0 saturated carbocycles. The molecule has 2 nitrogen and oxygen atoms in total. The van der Waals surface area contributed by atoms with Crippen LogP contribution >= 0.6 is 0 Å². The Morgan fingerprint density at radius 1 is 1.14 bits per heavy atom. The van der Waals surface area contributed by atoms with Crippen molar-refractivity contribution in [3.63, 3.8) is 0 Å². The van der Waals surface area contributed by atoms with E-state index in [1.807, 2.05) is 24.3 Å². The summed E-state index contributed by atoms with van der Waals surface area (Å²) in [6, 6.07) is 7.66. The van der Waals surface area contributed by atoms with Gasteiger partial charge >= 0.3 is 6.18 Å². The molecular weight excluding hydrogens is 279 g/mol. The average Bonchev–Trinajstić information content (AvgIpc) is 2.38. The van der Waals surface area contributed by atoms with Gasteiger partial charge in [0.05, 0.1) is 6.61 Å². The lowest BCUT2D eigenvalue weighted by Gasteiger charge is -2.10. The number of alkyl halides is 3. The molecule has 1 N–H and O–H groups in total. The van der Waals surface area contributed by atoms with Crippen molar-refractivity contribution < 1.29 is 17.9 Å². The lowest BCUT2D eigenvalue weighted by molar-refractivity contribution is -0.135. The molecule has 0 atom stereocenters. The number of halogens is 3. The van der Waals surface area contributed by atoms with E-state index < -0.39 is 12.6 Å². The first-order chi connectivity index (χ1) is 9.87. The van der Waals surface area contributed by atoms with Gasteiger partial charge < -0.3 is 10.1 Å². The fourth-order valence-electron chi connectivity index (χ4n) is 1.76. The molecule has 0 saturated heterocycles. The van der Waals surface area contributed by atoms with Crippen LogP contribution in [0.4, 0.5) is 13.2 Å². The Morgan fingerprint density at radius 2 is 1.81 bits per heavy atom. The zero-order chi connectivity index (χ0) is 15.7. The molecule has 0 aliphatic carbocycles. The van der Waals surface area contributed by atoms with E-state index in [0.29, 0.717) is 25.6 Å². The van der Waals surface area contributed by atoms with Crippen LogP contribution in [0.1, 0.15) is 38.7 Å². The maximum Gasteiger partial charge on any atom is 0.389 e. The second-order valence-corrected chi connectivity index (χ2v) is 5.57. The van der Waals surface area contributed by atoms with Crippen LogP contribution in [-0.4, -0.2) is 19.3 Å². The second-order valence-electron chi connectivity index (χ2n) is 5.57. The van der Waals surface area contributed by atoms with Crippen LogP contribution in [0.2, 0.25) is 0 Å². The third-order valence-electron chi connectivity index (χ3n) is 3.03. The standard InChI is InChI=1S/C16H24F3NO/c1-13(2)8-11-21-15-6-4-14(5-7-15)12-20-10-3-9-16(17,18)19/h4-7,13,20H,3,8-12H2,1-2H3. The van der Waals surface area contributed by atoms with Gasteiger partial charge in [0.25, 0.3) is 0 Å². The Hall–Kier alpha value is -1.23. The van der Waals surface area contributed by atoms with E-state index in [2.05, 4.69) is 19.2 Å². The first-order valence-electron chi connectivity index (χ1n) is 7.36. The van der Waals surface area contributed by atoms with E-state index in [4.69, 9.17) is 4.74 Å². The molecule has 1 rings (SSSR count). The number of hydrogen-bond donors (Lipinski definition) is 1. The van der Waals surface area contributed by atoms with E-state index in [1.165, 1.54) is 0 Å². The van der Waals surface area contributed by atoms with Crippen LogP contribution < -0.4 is 10.1 Å². The highest BCUT2D eigenvalue weighted by molar-refractivity contribution is 5.27. The Bertz CT molecular complexity index is 388. The quantitative estimate of drug-likeness (QED) is 0.676. The molecule has 0 amide bonds. The highest BCUT2D eigenvalue weighted by Gasteiger charge is 2.25. The molecule has 1 aromatic carbocycles. The number of rotatable bonds is 9. The van der Waals surface area contributed by atoms with Gasteiger partial charge in [-0.1, -0.05) is 26.0 Å². The van der Waals surface area contributed by atoms with Crippen molar-refractivity contribution in [1.29, 1.82) is 0 Å². The first kappa shape index (κ1) is 17.8. The number of nitrogens with one attached hydrogen (secondary N) is 1. The third-order valence-corrected chi connectivity index (χ3v) is 3.03. The van der Waals surface area contributed by atoms with Gasteiger partial charge in [0.2, 0.25) is 0 Å². The molecule has 5 heteroatoms. The molecule has 0 aliphatic heterocycles. The minimum absolute atomic E-state index is 0.111. The summed E-state index contributed by atoms with van der Waals surface area (Å²) in [6.45, 7) is 5.94. The Labute approximate surface area is 124 Å². The Balaban J connectivity index is 2.19. The van der Waals surface area contributed by atoms with Crippen LogP contribution in [0.5, 0.6) is 5.75 Å². The molecule has 0 fully saturated rings. The van der Waals surface area contributed by atoms with Crippen molar-refractivity contribution in [2.24, 2.45) is 5.92 Å². The molecule has 0 spiro atoms. The number of ether oxygens (including phenoxy) is 1. The maximum absolute atomic E-state index is 12.0. The summed E-state index contributed by atoms with van der Waals surface area (Å²) in [6.07, 6.45) is -3.66. The van der Waals surface area contributed by atoms with Crippen molar-refractivity contribution in [3.05, 3.63) is 29.8 Å². The van der Waals surface area contributed by atoms with Gasteiger partial charge in [0, 0.05) is 13.0 Å². The molecule has 120 valence electrons. The van der Waals surface area contributed by atoms with Gasteiger partial charge in [-0.15, -0.1) is 0 Å². The van der Waals surface area contributed by atoms with E-state index in [0.717, 1.165) is 17.7 Å². The highest BCUT2D eigenvalue weighted by Crippen LogP contribution is 2.20. The lowest BCUT2D eigenvalue weighted by atomic mass is 10.1. The fraction of sp³-hybridized carbons (Fsp3) is 0.625. The molecular formula is C16H24F3NO. The monoisotopic (exact) mass is 303 g/mol. The molecule has 0 aromatic heterocycles. The smallest absolute Gasteiger partial charge is 0.389 e. The van der Waals surface area contributed by atoms with Gasteiger partial charge in [-0.2, -0.15) is 13.2 Å². The molecule has 0 heterocycles. The summed E-state index contributed by atoms with van der Waals surface area (Å²) < 4.78 is 41.5. The zero-order valence-corrected chi connectivity index (χ0v) is 12.7. The third kappa shape index (κ3) is 9.34. The summed E-state index contributed by atoms with van der Waals surface area (Å²) in [5.74, 6) is 1.45. The van der Waals surface area contributed by atoms with Crippen LogP contribution in [0.3, 0.4) is 0 Å². The predicted molar refractivity (Wildman–Crippen MR) is 78.4 cm³/mol. The van der Waals surface area contributed by atoms with Crippen molar-refractivity contribution in [2.75, 3.05) is 13.2 Å². The molecule has 21 heavy (non-hydrogen) atoms. The maximum atomic E-state index is 12.0. The van der Waals surface area contributed by atoms with Crippen LogP contribution in [-0.2, 0) is 6.54 Å². The van der Waals surface area contributed by atoms with E-state index >= 15 is 0 Å². The molecule has 0 aliphatic rings. The largest absolute Gasteiger partial charge is 0.494 e. The summed E-state index contributed by atoms with van der Waals surface area (Å²) in [5, 5.41) is 3.01. The summed E-state index contributed by atoms with van der Waals surface area (Å²) in [7, 11) is 0. The van der Waals surface area contributed by atoms with Crippen molar-refractivity contribution in [2.45, 2.75) is 45.8 Å². The SMILES string of the molecule is CC(C)CCOc1ccc(CNCCCC(F)(F)F)cc1. The van der Waals surface area contributed by atoms with Crippen LogP contribution in [0, 0.1) is 5.92 Å². The number of benzene rings is 1. The van der Waals surface area contributed by atoms with Crippen molar-refractivity contribution in [1.82, 2.24) is 5.32 Å². The van der Waals surface area contributed by atoms with Crippen molar-refractivity contribution >= 4 is 0 Å². The predicted octanol–water partition coefficient (Wildman–Crippen LogP) is 4.54. The van der Waals surface area contributed by atoms with E-state index in [1.54, 1.807) is 0 Å². The van der Waals surface area contributed by atoms with E-state index in [-0.39, 0.29) is 6.42 Å². The normalized spacial score (nSPS) is 11.9. The van der Waals surface area contributed by atoms with Gasteiger partial charge in [0.15, 0.2) is 0 Å². The second kappa shape index (κ2) is 8.93.